The molecule has 0 N–H and O–H groups in total. The Morgan fingerprint density at radius 1 is 1.14 bits per heavy atom. The van der Waals surface area contributed by atoms with Gasteiger partial charge in [-0.3, -0.25) is 4.79 Å². The molecule has 0 unspecified atom stereocenters. The van der Waals surface area contributed by atoms with E-state index in [4.69, 9.17) is 14.2 Å². The third-order valence-corrected chi connectivity index (χ3v) is 3.93. The molecule has 1 aliphatic rings. The molecule has 0 spiro atoms. The first kappa shape index (κ1) is 15.8. The van der Waals surface area contributed by atoms with Gasteiger partial charge in [-0.1, -0.05) is 0 Å². The number of likely N-dealkylation sites (tertiary alicyclic amines) is 1. The molecule has 21 heavy (non-hydrogen) atoms. The zero-order chi connectivity index (χ0) is 15.2. The number of hydrogen-bond acceptors (Lipinski definition) is 4. The molecule has 0 aliphatic carbocycles. The average molecular weight is 293 g/mol. The minimum Gasteiger partial charge on any atom is -0.497 e. The number of carbonyl (C=O) groups is 1. The first-order chi connectivity index (χ1) is 10.2. The molecular weight excluding hydrogens is 270 g/mol. The molecule has 116 valence electrons. The average Bonchev–Trinajstić information content (AvgIpc) is 2.56. The minimum absolute atomic E-state index is 0.0152. The van der Waals surface area contributed by atoms with Crippen LogP contribution in [-0.4, -0.2) is 51.0 Å². The first-order valence-electron chi connectivity index (χ1n) is 7.22. The lowest BCUT2D eigenvalue weighted by Crippen LogP contribution is -2.50. The van der Waals surface area contributed by atoms with Gasteiger partial charge in [0.1, 0.15) is 5.75 Å². The fraction of sp³-hybridized carbons (Fsp3) is 0.562. The lowest BCUT2D eigenvalue weighted by molar-refractivity contribution is -0.146. The SMILES string of the molecule is COc1ccc(C(=O)N2CCCC[C@H]2C(OC)OC)cc1. The van der Waals surface area contributed by atoms with Crippen molar-refractivity contribution in [3.05, 3.63) is 29.8 Å². The van der Waals surface area contributed by atoms with E-state index in [0.29, 0.717) is 5.56 Å². The Hall–Kier alpha value is -1.59. The Bertz CT molecular complexity index is 456. The summed E-state index contributed by atoms with van der Waals surface area (Å²) in [5, 5.41) is 0. The number of carbonyl (C=O) groups excluding carboxylic acids is 1. The summed E-state index contributed by atoms with van der Waals surface area (Å²) in [6.07, 6.45) is 2.61. The van der Waals surface area contributed by atoms with Gasteiger partial charge in [-0.25, -0.2) is 0 Å². The number of piperidine rings is 1. The Morgan fingerprint density at radius 3 is 2.38 bits per heavy atom. The summed E-state index contributed by atoms with van der Waals surface area (Å²) in [7, 11) is 4.83. The number of methoxy groups -OCH3 is 3. The fourth-order valence-corrected chi connectivity index (χ4v) is 2.80. The van der Waals surface area contributed by atoms with E-state index in [9.17, 15) is 4.79 Å². The van der Waals surface area contributed by atoms with Crippen molar-refractivity contribution in [1.82, 2.24) is 4.90 Å². The molecule has 1 saturated heterocycles. The Kier molecular flexibility index (Phi) is 5.59. The van der Waals surface area contributed by atoms with Crippen LogP contribution in [0.1, 0.15) is 29.6 Å². The normalized spacial score (nSPS) is 18.9. The van der Waals surface area contributed by atoms with Crippen molar-refractivity contribution < 1.29 is 19.0 Å². The van der Waals surface area contributed by atoms with Crippen LogP contribution in [-0.2, 0) is 9.47 Å². The number of benzene rings is 1. The molecule has 1 atom stereocenters. The molecule has 0 radical (unpaired) electrons. The fourth-order valence-electron chi connectivity index (χ4n) is 2.80. The molecule has 2 rings (SSSR count). The lowest BCUT2D eigenvalue weighted by Gasteiger charge is -2.39. The third-order valence-electron chi connectivity index (χ3n) is 3.93. The van der Waals surface area contributed by atoms with Crippen LogP contribution in [0.2, 0.25) is 0 Å². The van der Waals surface area contributed by atoms with Crippen LogP contribution >= 0.6 is 0 Å². The van der Waals surface area contributed by atoms with Gasteiger partial charge in [0.15, 0.2) is 6.29 Å². The van der Waals surface area contributed by atoms with Gasteiger partial charge in [0.05, 0.1) is 13.2 Å². The van der Waals surface area contributed by atoms with Crippen LogP contribution in [0.25, 0.3) is 0 Å². The van der Waals surface area contributed by atoms with Crippen molar-refractivity contribution in [2.75, 3.05) is 27.9 Å². The van der Waals surface area contributed by atoms with Gasteiger partial charge in [-0.05, 0) is 43.5 Å². The molecule has 1 amide bonds. The predicted octanol–water partition coefficient (Wildman–Crippen LogP) is 2.31. The monoisotopic (exact) mass is 293 g/mol. The smallest absolute Gasteiger partial charge is 0.254 e. The summed E-state index contributed by atoms with van der Waals surface area (Å²) in [6.45, 7) is 0.735. The van der Waals surface area contributed by atoms with Gasteiger partial charge in [0.25, 0.3) is 5.91 Å². The first-order valence-corrected chi connectivity index (χ1v) is 7.22. The predicted molar refractivity (Wildman–Crippen MR) is 79.5 cm³/mol. The summed E-state index contributed by atoms with van der Waals surface area (Å²) in [5.41, 5.74) is 0.661. The van der Waals surface area contributed by atoms with Crippen molar-refractivity contribution in [2.24, 2.45) is 0 Å². The highest BCUT2D eigenvalue weighted by atomic mass is 16.7. The van der Waals surface area contributed by atoms with E-state index in [1.54, 1.807) is 45.6 Å². The standard InChI is InChI=1S/C16H23NO4/c1-19-13-9-7-12(8-10-13)15(18)17-11-5-4-6-14(17)16(20-2)21-3/h7-10,14,16H,4-6,11H2,1-3H3/t14-/m0/s1. The summed E-state index contributed by atoms with van der Waals surface area (Å²) < 4.78 is 15.8. The molecule has 5 nitrogen and oxygen atoms in total. The second-order valence-corrected chi connectivity index (χ2v) is 5.13. The van der Waals surface area contributed by atoms with E-state index < -0.39 is 0 Å². The van der Waals surface area contributed by atoms with Gasteiger partial charge < -0.3 is 19.1 Å². The second kappa shape index (κ2) is 7.43. The molecule has 1 heterocycles. The second-order valence-electron chi connectivity index (χ2n) is 5.13. The third kappa shape index (κ3) is 3.54. The molecule has 1 aromatic carbocycles. The van der Waals surface area contributed by atoms with Gasteiger partial charge in [0, 0.05) is 26.3 Å². The van der Waals surface area contributed by atoms with E-state index in [2.05, 4.69) is 0 Å². The molecule has 0 bridgehead atoms. The molecule has 1 aliphatic heterocycles. The summed E-state index contributed by atoms with van der Waals surface area (Å²) in [6, 6.07) is 7.15. The van der Waals surface area contributed by atoms with Crippen LogP contribution in [0.3, 0.4) is 0 Å². The quantitative estimate of drug-likeness (QED) is 0.782. The number of rotatable bonds is 5. The highest BCUT2D eigenvalue weighted by Gasteiger charge is 2.33. The van der Waals surface area contributed by atoms with Crippen molar-refractivity contribution in [3.8, 4) is 5.75 Å². The summed E-state index contributed by atoms with van der Waals surface area (Å²) >= 11 is 0. The van der Waals surface area contributed by atoms with Gasteiger partial charge in [0.2, 0.25) is 0 Å². The topological polar surface area (TPSA) is 48.0 Å². The number of nitrogens with zero attached hydrogens (tertiary/aromatic N) is 1. The van der Waals surface area contributed by atoms with E-state index in [1.165, 1.54) is 0 Å². The Balaban J connectivity index is 2.17. The lowest BCUT2D eigenvalue weighted by atomic mass is 10.00. The van der Waals surface area contributed by atoms with Crippen molar-refractivity contribution in [1.29, 1.82) is 0 Å². The number of ether oxygens (including phenoxy) is 3. The molecular formula is C16H23NO4. The van der Waals surface area contributed by atoms with Crippen LogP contribution in [0.4, 0.5) is 0 Å². The Morgan fingerprint density at radius 2 is 1.81 bits per heavy atom. The number of hydrogen-bond donors (Lipinski definition) is 0. The van der Waals surface area contributed by atoms with Crippen LogP contribution in [0.15, 0.2) is 24.3 Å². The number of amides is 1. The van der Waals surface area contributed by atoms with Crippen LogP contribution in [0, 0.1) is 0 Å². The highest BCUT2D eigenvalue weighted by molar-refractivity contribution is 5.94. The van der Waals surface area contributed by atoms with Crippen molar-refractivity contribution in [3.63, 3.8) is 0 Å². The van der Waals surface area contributed by atoms with Crippen molar-refractivity contribution in [2.45, 2.75) is 31.6 Å². The molecule has 0 aromatic heterocycles. The zero-order valence-corrected chi connectivity index (χ0v) is 12.9. The summed E-state index contributed by atoms with van der Waals surface area (Å²) in [5.74, 6) is 0.759. The molecule has 1 fully saturated rings. The maximum atomic E-state index is 12.7. The van der Waals surface area contributed by atoms with Crippen LogP contribution < -0.4 is 4.74 Å². The maximum absolute atomic E-state index is 12.7. The maximum Gasteiger partial charge on any atom is 0.254 e. The molecule has 0 saturated carbocycles. The summed E-state index contributed by atoms with van der Waals surface area (Å²) in [4.78, 5) is 14.6. The minimum atomic E-state index is -0.382. The van der Waals surface area contributed by atoms with E-state index in [0.717, 1.165) is 31.6 Å². The van der Waals surface area contributed by atoms with Gasteiger partial charge in [-0.2, -0.15) is 0 Å². The van der Waals surface area contributed by atoms with Crippen LogP contribution in [0.5, 0.6) is 5.75 Å². The highest BCUT2D eigenvalue weighted by Crippen LogP contribution is 2.24. The zero-order valence-electron chi connectivity index (χ0n) is 12.9. The molecule has 5 heteroatoms. The van der Waals surface area contributed by atoms with Crippen molar-refractivity contribution >= 4 is 5.91 Å². The van der Waals surface area contributed by atoms with E-state index >= 15 is 0 Å². The van der Waals surface area contributed by atoms with Gasteiger partial charge >= 0.3 is 0 Å². The Labute approximate surface area is 125 Å². The largest absolute Gasteiger partial charge is 0.497 e. The van der Waals surface area contributed by atoms with E-state index in [-0.39, 0.29) is 18.2 Å². The van der Waals surface area contributed by atoms with Gasteiger partial charge in [-0.15, -0.1) is 0 Å². The molecule has 1 aromatic rings. The van der Waals surface area contributed by atoms with E-state index in [1.807, 2.05) is 4.90 Å².